The number of carbonyl (C=O) groups excluding carboxylic acids is 1. The molecule has 0 aromatic heterocycles. The minimum absolute atomic E-state index is 0.00613. The number of fused-ring (bicyclic) bond motifs is 2. The van der Waals surface area contributed by atoms with E-state index >= 15 is 0 Å². The van der Waals surface area contributed by atoms with E-state index in [9.17, 15) is 23.4 Å². The van der Waals surface area contributed by atoms with Crippen molar-refractivity contribution in [3.05, 3.63) is 48.0 Å². The number of ether oxygens (including phenoxy) is 5. The molecule has 0 spiro atoms. The van der Waals surface area contributed by atoms with Gasteiger partial charge in [-0.05, 0) is 48.6 Å². The van der Waals surface area contributed by atoms with Gasteiger partial charge in [0.1, 0.15) is 11.9 Å². The summed E-state index contributed by atoms with van der Waals surface area (Å²) >= 11 is 0. The Hall–Kier alpha value is -3.10. The molecule has 2 fully saturated rings. The second kappa shape index (κ2) is 12.4. The molecule has 3 heterocycles. The molecule has 0 bridgehead atoms. The number of nitrogens with zero attached hydrogens (tertiary/aromatic N) is 1. The Labute approximate surface area is 239 Å². The molecule has 41 heavy (non-hydrogen) atoms. The number of rotatable bonds is 11. The van der Waals surface area contributed by atoms with Gasteiger partial charge in [-0.3, -0.25) is 0 Å². The van der Waals surface area contributed by atoms with Crippen LogP contribution in [0.1, 0.15) is 25.8 Å². The van der Waals surface area contributed by atoms with Crippen molar-refractivity contribution >= 4 is 16.1 Å². The summed E-state index contributed by atoms with van der Waals surface area (Å²) in [6.45, 7) is 4.35. The number of nitrogens with one attached hydrogen (secondary N) is 1. The van der Waals surface area contributed by atoms with E-state index in [4.69, 9.17) is 23.7 Å². The third-order valence-corrected chi connectivity index (χ3v) is 9.17. The van der Waals surface area contributed by atoms with Crippen LogP contribution < -0.4 is 14.8 Å². The van der Waals surface area contributed by atoms with Crippen LogP contribution in [0.15, 0.2) is 47.4 Å². The third-order valence-electron chi connectivity index (χ3n) is 7.34. The maximum absolute atomic E-state index is 13.7. The molecular weight excluding hydrogens is 556 g/mol. The summed E-state index contributed by atoms with van der Waals surface area (Å²) in [6.07, 6.45) is -2.06. The zero-order valence-corrected chi connectivity index (χ0v) is 23.8. The maximum atomic E-state index is 13.7. The van der Waals surface area contributed by atoms with E-state index in [-0.39, 0.29) is 55.4 Å². The van der Waals surface area contributed by atoms with Crippen molar-refractivity contribution in [2.45, 2.75) is 56.1 Å². The van der Waals surface area contributed by atoms with E-state index in [1.54, 1.807) is 12.1 Å². The number of sulfonamides is 1. The molecule has 3 N–H and O–H groups in total. The summed E-state index contributed by atoms with van der Waals surface area (Å²) in [6, 6.07) is 9.82. The van der Waals surface area contributed by atoms with Crippen molar-refractivity contribution in [3.63, 3.8) is 0 Å². The SMILES string of the molecule is CC(C)CN(C[C@@H](O)[C@H](Cc1ccc(O)cc1)NC(=O)O[C@H]1COC2OCC[C@H]21)S(=O)(=O)c1ccc2c(c1)OCO2. The number of hydrogen-bond acceptors (Lipinski definition) is 10. The van der Waals surface area contributed by atoms with Gasteiger partial charge in [0.05, 0.1) is 36.2 Å². The number of carbonyl (C=O) groups is 1. The molecule has 3 aliphatic rings. The lowest BCUT2D eigenvalue weighted by atomic mass is 10.0. The fraction of sp³-hybridized carbons (Fsp3) is 0.536. The van der Waals surface area contributed by atoms with Crippen LogP contribution in [0.4, 0.5) is 4.79 Å². The van der Waals surface area contributed by atoms with E-state index < -0.39 is 40.7 Å². The van der Waals surface area contributed by atoms with Gasteiger partial charge in [0.25, 0.3) is 0 Å². The standard InChI is InChI=1S/C28H36N2O10S/c1-17(2)13-30(41(34,35)20-7-8-24-25(12-20)39-16-38-24)14-23(32)22(11-18-3-5-19(31)6-4-18)29-28(33)40-26-15-37-27-21(26)9-10-36-27/h3-8,12,17,21-23,26-27,31-32H,9-11,13-16H2,1-2H3,(H,29,33)/t21-,22-,23+,26-,27?/m0/s1. The monoisotopic (exact) mass is 592 g/mol. The van der Waals surface area contributed by atoms with Crippen LogP contribution in [0.25, 0.3) is 0 Å². The summed E-state index contributed by atoms with van der Waals surface area (Å²) in [5.74, 6) is 0.750. The van der Waals surface area contributed by atoms with Crippen molar-refractivity contribution in [1.82, 2.24) is 9.62 Å². The summed E-state index contributed by atoms with van der Waals surface area (Å²) in [5, 5.41) is 23.8. The minimum atomic E-state index is -4.05. The lowest BCUT2D eigenvalue weighted by Crippen LogP contribution is -2.51. The highest BCUT2D eigenvalue weighted by Crippen LogP contribution is 2.35. The quantitative estimate of drug-likeness (QED) is 0.354. The molecule has 3 aliphatic heterocycles. The third kappa shape index (κ3) is 6.87. The zero-order chi connectivity index (χ0) is 29.1. The number of alkyl carbamates (subject to hydrolysis) is 1. The molecule has 0 saturated carbocycles. The van der Waals surface area contributed by atoms with Gasteiger partial charge in [0, 0.05) is 19.2 Å². The summed E-state index contributed by atoms with van der Waals surface area (Å²) in [4.78, 5) is 13.0. The number of hydrogen-bond donors (Lipinski definition) is 3. The Kier molecular flexibility index (Phi) is 8.90. The lowest BCUT2D eigenvalue weighted by Gasteiger charge is -2.31. The predicted molar refractivity (Wildman–Crippen MR) is 145 cm³/mol. The number of phenolic OH excluding ortho intramolecular Hbond substituents is 1. The Morgan fingerprint density at radius 2 is 1.85 bits per heavy atom. The van der Waals surface area contributed by atoms with Crippen molar-refractivity contribution in [2.24, 2.45) is 11.8 Å². The number of aromatic hydroxyl groups is 1. The van der Waals surface area contributed by atoms with Crippen molar-refractivity contribution in [2.75, 3.05) is 33.1 Å². The first-order valence-electron chi connectivity index (χ1n) is 13.7. The normalized spacial score (nSPS) is 23.0. The van der Waals surface area contributed by atoms with Gasteiger partial charge in [-0.25, -0.2) is 13.2 Å². The Balaban J connectivity index is 1.34. The second-order valence-corrected chi connectivity index (χ2v) is 12.8. The van der Waals surface area contributed by atoms with Gasteiger partial charge in [-0.15, -0.1) is 0 Å². The average Bonchev–Trinajstić information content (AvgIpc) is 3.67. The second-order valence-electron chi connectivity index (χ2n) is 10.9. The van der Waals surface area contributed by atoms with Crippen LogP contribution in [-0.4, -0.2) is 86.7 Å². The van der Waals surface area contributed by atoms with Gasteiger partial charge in [-0.2, -0.15) is 4.31 Å². The maximum Gasteiger partial charge on any atom is 0.407 e. The summed E-state index contributed by atoms with van der Waals surface area (Å²) < 4.78 is 56.0. The highest BCUT2D eigenvalue weighted by molar-refractivity contribution is 7.89. The number of phenols is 1. The van der Waals surface area contributed by atoms with Gasteiger partial charge in [0.15, 0.2) is 17.8 Å². The summed E-state index contributed by atoms with van der Waals surface area (Å²) in [7, 11) is -4.05. The zero-order valence-electron chi connectivity index (χ0n) is 23.0. The van der Waals surface area contributed by atoms with Gasteiger partial charge >= 0.3 is 6.09 Å². The van der Waals surface area contributed by atoms with Gasteiger partial charge in [-0.1, -0.05) is 26.0 Å². The Morgan fingerprint density at radius 3 is 2.61 bits per heavy atom. The molecule has 0 aliphatic carbocycles. The molecule has 0 radical (unpaired) electrons. The lowest BCUT2D eigenvalue weighted by molar-refractivity contribution is -0.0907. The van der Waals surface area contributed by atoms with Crippen LogP contribution in [0.5, 0.6) is 17.2 Å². The van der Waals surface area contributed by atoms with E-state index in [1.807, 2.05) is 13.8 Å². The van der Waals surface area contributed by atoms with Crippen molar-refractivity contribution < 1.29 is 47.1 Å². The van der Waals surface area contributed by atoms with Gasteiger partial charge in [0.2, 0.25) is 16.8 Å². The van der Waals surface area contributed by atoms with Crippen LogP contribution in [0.2, 0.25) is 0 Å². The van der Waals surface area contributed by atoms with E-state index in [0.29, 0.717) is 24.5 Å². The number of aliphatic hydroxyl groups excluding tert-OH is 1. The average molecular weight is 593 g/mol. The number of benzene rings is 2. The molecule has 224 valence electrons. The largest absolute Gasteiger partial charge is 0.508 e. The number of aliphatic hydroxyl groups is 1. The first kappa shape index (κ1) is 29.4. The highest BCUT2D eigenvalue weighted by atomic mass is 32.2. The van der Waals surface area contributed by atoms with Crippen LogP contribution in [-0.2, 0) is 30.7 Å². The fourth-order valence-corrected chi connectivity index (χ4v) is 6.88. The molecule has 2 aromatic rings. The van der Waals surface area contributed by atoms with E-state index in [0.717, 1.165) is 5.56 Å². The molecule has 5 atom stereocenters. The molecule has 5 rings (SSSR count). The van der Waals surface area contributed by atoms with Gasteiger partial charge < -0.3 is 39.2 Å². The first-order valence-corrected chi connectivity index (χ1v) is 15.1. The Bertz CT molecular complexity index is 1320. The molecule has 2 saturated heterocycles. The highest BCUT2D eigenvalue weighted by Gasteiger charge is 2.44. The molecule has 13 heteroatoms. The van der Waals surface area contributed by atoms with Crippen LogP contribution >= 0.6 is 0 Å². The fourth-order valence-electron chi connectivity index (χ4n) is 5.24. The number of amides is 1. The van der Waals surface area contributed by atoms with Crippen molar-refractivity contribution in [3.8, 4) is 17.2 Å². The predicted octanol–water partition coefficient (Wildman–Crippen LogP) is 2.23. The smallest absolute Gasteiger partial charge is 0.407 e. The van der Waals surface area contributed by atoms with Crippen LogP contribution in [0, 0.1) is 11.8 Å². The molecule has 2 aromatic carbocycles. The molecule has 12 nitrogen and oxygen atoms in total. The molecular formula is C28H36N2O10S. The van der Waals surface area contributed by atoms with E-state index in [1.165, 1.54) is 34.6 Å². The first-order chi connectivity index (χ1) is 19.6. The van der Waals surface area contributed by atoms with E-state index in [2.05, 4.69) is 5.32 Å². The van der Waals surface area contributed by atoms with Crippen molar-refractivity contribution in [1.29, 1.82) is 0 Å². The van der Waals surface area contributed by atoms with Crippen LogP contribution in [0.3, 0.4) is 0 Å². The molecule has 1 amide bonds. The molecule has 1 unspecified atom stereocenters. The minimum Gasteiger partial charge on any atom is -0.508 e. The topological polar surface area (TPSA) is 153 Å². The Morgan fingerprint density at radius 1 is 1.10 bits per heavy atom. The summed E-state index contributed by atoms with van der Waals surface area (Å²) in [5.41, 5.74) is 0.717.